The second-order valence-corrected chi connectivity index (χ2v) is 7.89. The Hall–Kier alpha value is -3.87. The molecule has 0 saturated heterocycles. The predicted molar refractivity (Wildman–Crippen MR) is 111 cm³/mol. The highest BCUT2D eigenvalue weighted by atomic mass is 16.5. The number of aromatic nitrogens is 1. The minimum atomic E-state index is -1.41. The summed E-state index contributed by atoms with van der Waals surface area (Å²) in [5, 5.41) is 30.9. The van der Waals surface area contributed by atoms with E-state index < -0.39 is 11.2 Å². The van der Waals surface area contributed by atoms with Crippen molar-refractivity contribution in [1.29, 1.82) is 10.5 Å². The summed E-state index contributed by atoms with van der Waals surface area (Å²) in [5.74, 6) is 0.436. The van der Waals surface area contributed by atoms with Gasteiger partial charge >= 0.3 is 0 Å². The van der Waals surface area contributed by atoms with E-state index in [1.165, 1.54) is 7.11 Å². The van der Waals surface area contributed by atoms with Gasteiger partial charge in [-0.25, -0.2) is 4.98 Å². The van der Waals surface area contributed by atoms with Crippen LogP contribution in [0.5, 0.6) is 11.6 Å². The topological polar surface area (TPSA) is 99.2 Å². The fraction of sp³-hybridized carbons (Fsp3) is 0.240. The molecule has 1 aromatic heterocycles. The molecule has 6 nitrogen and oxygen atoms in total. The Balaban J connectivity index is 1.79. The first-order valence-electron chi connectivity index (χ1n) is 10.0. The van der Waals surface area contributed by atoms with Crippen LogP contribution in [0.3, 0.4) is 0 Å². The number of fused-ring (bicyclic) bond motifs is 3. The lowest BCUT2D eigenvalue weighted by Crippen LogP contribution is -2.48. The number of rotatable bonds is 3. The second kappa shape index (κ2) is 6.84. The third-order valence-corrected chi connectivity index (χ3v) is 6.49. The highest BCUT2D eigenvalue weighted by molar-refractivity contribution is 5.58. The Morgan fingerprint density at radius 1 is 1.10 bits per heavy atom. The predicted octanol–water partition coefficient (Wildman–Crippen LogP) is 3.89. The normalized spacial score (nSPS) is 25.6. The first-order valence-corrected chi connectivity index (χ1v) is 10.0. The number of methoxy groups -OCH3 is 1. The average molecular weight is 409 g/mol. The van der Waals surface area contributed by atoms with Crippen LogP contribution in [0.1, 0.15) is 46.7 Å². The molecule has 2 unspecified atom stereocenters. The summed E-state index contributed by atoms with van der Waals surface area (Å²) >= 11 is 0. The number of hydrogen-bond acceptors (Lipinski definition) is 6. The number of ether oxygens (including phenoxy) is 2. The van der Waals surface area contributed by atoms with Crippen molar-refractivity contribution in [2.45, 2.75) is 30.0 Å². The Labute approximate surface area is 179 Å². The van der Waals surface area contributed by atoms with Crippen LogP contribution in [-0.4, -0.2) is 17.2 Å². The van der Waals surface area contributed by atoms with Crippen LogP contribution in [0.25, 0.3) is 0 Å². The van der Waals surface area contributed by atoms with Crippen LogP contribution in [0.15, 0.2) is 60.7 Å². The van der Waals surface area contributed by atoms with Crippen molar-refractivity contribution in [3.8, 4) is 23.8 Å². The van der Waals surface area contributed by atoms with Crippen LogP contribution >= 0.6 is 0 Å². The van der Waals surface area contributed by atoms with Gasteiger partial charge in [0.2, 0.25) is 5.88 Å². The van der Waals surface area contributed by atoms with Crippen molar-refractivity contribution in [2.24, 2.45) is 0 Å². The van der Waals surface area contributed by atoms with E-state index in [9.17, 15) is 15.6 Å². The Kier molecular flexibility index (Phi) is 4.22. The summed E-state index contributed by atoms with van der Waals surface area (Å²) in [7, 11) is 1.47. The van der Waals surface area contributed by atoms with E-state index >= 15 is 0 Å². The van der Waals surface area contributed by atoms with E-state index in [0.717, 1.165) is 11.1 Å². The fourth-order valence-electron chi connectivity index (χ4n) is 5.21. The first kappa shape index (κ1) is 19.1. The SMILES string of the molecule is COc1nc(C#N)cc2c1[C@]1(O)CCC(c3ccccc3)C1(c1ccc(C#N)cc1)O2. The Morgan fingerprint density at radius 2 is 1.84 bits per heavy atom. The molecule has 1 fully saturated rings. The Bertz CT molecular complexity index is 1240. The molecule has 2 aliphatic rings. The molecule has 31 heavy (non-hydrogen) atoms. The summed E-state index contributed by atoms with van der Waals surface area (Å²) in [4.78, 5) is 4.27. The van der Waals surface area contributed by atoms with E-state index in [-0.39, 0.29) is 17.5 Å². The molecule has 5 rings (SSSR count). The Morgan fingerprint density at radius 3 is 2.48 bits per heavy atom. The zero-order chi connectivity index (χ0) is 21.6. The summed E-state index contributed by atoms with van der Waals surface area (Å²) < 4.78 is 12.1. The monoisotopic (exact) mass is 409 g/mol. The van der Waals surface area contributed by atoms with E-state index in [0.29, 0.717) is 29.7 Å². The van der Waals surface area contributed by atoms with Crippen molar-refractivity contribution in [3.05, 3.63) is 88.6 Å². The smallest absolute Gasteiger partial charge is 0.224 e. The van der Waals surface area contributed by atoms with E-state index in [2.05, 4.69) is 11.1 Å². The van der Waals surface area contributed by atoms with Crippen molar-refractivity contribution < 1.29 is 14.6 Å². The molecule has 6 heteroatoms. The van der Waals surface area contributed by atoms with Gasteiger partial charge in [0.05, 0.1) is 24.3 Å². The molecule has 0 spiro atoms. The van der Waals surface area contributed by atoms with E-state index in [4.69, 9.17) is 9.47 Å². The highest BCUT2D eigenvalue weighted by Gasteiger charge is 2.69. The molecule has 0 bridgehead atoms. The van der Waals surface area contributed by atoms with Gasteiger partial charge in [-0.15, -0.1) is 0 Å². The van der Waals surface area contributed by atoms with Crippen LogP contribution in [0.2, 0.25) is 0 Å². The quantitative estimate of drug-likeness (QED) is 0.705. The number of nitriles is 2. The third-order valence-electron chi connectivity index (χ3n) is 6.49. The number of aliphatic hydroxyl groups is 1. The standard InChI is InChI=1S/C25H19N3O3/c1-30-23-22-21(13-19(15-27)28-23)31-25(18-9-7-16(14-26)8-10-18)20(11-12-24(22,25)29)17-5-3-2-4-6-17/h2-10,13,20,29H,11-12H2,1H3/t20?,24-,25?/m1/s1. The molecule has 2 heterocycles. The summed E-state index contributed by atoms with van der Waals surface area (Å²) in [5.41, 5.74) is 0.402. The van der Waals surface area contributed by atoms with E-state index in [1.807, 2.05) is 48.5 Å². The minimum absolute atomic E-state index is 0.158. The molecule has 1 aliphatic carbocycles. The maximum atomic E-state index is 12.2. The molecule has 1 N–H and O–H groups in total. The lowest BCUT2D eigenvalue weighted by atomic mass is 9.72. The van der Waals surface area contributed by atoms with Crippen LogP contribution < -0.4 is 9.47 Å². The van der Waals surface area contributed by atoms with Crippen molar-refractivity contribution in [2.75, 3.05) is 7.11 Å². The number of nitrogens with zero attached hydrogens (tertiary/aromatic N) is 3. The molecular weight excluding hydrogens is 390 g/mol. The van der Waals surface area contributed by atoms with Gasteiger partial charge in [-0.2, -0.15) is 10.5 Å². The van der Waals surface area contributed by atoms with Crippen LogP contribution in [0.4, 0.5) is 0 Å². The van der Waals surface area contributed by atoms with Crippen molar-refractivity contribution in [1.82, 2.24) is 4.98 Å². The second-order valence-electron chi connectivity index (χ2n) is 7.89. The molecule has 3 atom stereocenters. The molecule has 1 saturated carbocycles. The zero-order valence-electron chi connectivity index (χ0n) is 16.9. The van der Waals surface area contributed by atoms with Crippen LogP contribution in [0, 0.1) is 22.7 Å². The molecule has 152 valence electrons. The number of hydrogen-bond donors (Lipinski definition) is 1. The van der Waals surface area contributed by atoms with Gasteiger partial charge < -0.3 is 14.6 Å². The van der Waals surface area contributed by atoms with Gasteiger partial charge in [-0.1, -0.05) is 42.5 Å². The first-order chi connectivity index (χ1) is 15.1. The maximum Gasteiger partial charge on any atom is 0.224 e. The molecular formula is C25H19N3O3. The molecule has 3 aromatic rings. The summed E-state index contributed by atoms with van der Waals surface area (Å²) in [6, 6.07) is 22.8. The lowest BCUT2D eigenvalue weighted by Gasteiger charge is -2.40. The zero-order valence-corrected chi connectivity index (χ0v) is 16.9. The molecule has 1 aliphatic heterocycles. The molecule has 2 aromatic carbocycles. The minimum Gasteiger partial charge on any atom is -0.481 e. The highest BCUT2D eigenvalue weighted by Crippen LogP contribution is 2.67. The largest absolute Gasteiger partial charge is 0.481 e. The lowest BCUT2D eigenvalue weighted by molar-refractivity contribution is -0.106. The van der Waals surface area contributed by atoms with E-state index in [1.54, 1.807) is 18.2 Å². The van der Waals surface area contributed by atoms with Gasteiger partial charge in [-0.05, 0) is 36.1 Å². The third kappa shape index (κ3) is 2.49. The van der Waals surface area contributed by atoms with Gasteiger partial charge in [0, 0.05) is 12.0 Å². The number of benzene rings is 2. The fourth-order valence-corrected chi connectivity index (χ4v) is 5.21. The van der Waals surface area contributed by atoms with Gasteiger partial charge in [0.15, 0.2) is 5.60 Å². The van der Waals surface area contributed by atoms with Gasteiger partial charge in [0.1, 0.15) is 23.1 Å². The molecule has 0 amide bonds. The summed E-state index contributed by atoms with van der Waals surface area (Å²) in [6.07, 6.45) is 1.12. The van der Waals surface area contributed by atoms with Gasteiger partial charge in [-0.3, -0.25) is 0 Å². The summed E-state index contributed by atoms with van der Waals surface area (Å²) in [6.45, 7) is 0. The maximum absolute atomic E-state index is 12.2. The van der Waals surface area contributed by atoms with Crippen molar-refractivity contribution >= 4 is 0 Å². The van der Waals surface area contributed by atoms with Crippen molar-refractivity contribution in [3.63, 3.8) is 0 Å². The molecule has 0 radical (unpaired) electrons. The number of pyridine rings is 1. The van der Waals surface area contributed by atoms with Crippen LogP contribution in [-0.2, 0) is 11.2 Å². The average Bonchev–Trinajstić information content (AvgIpc) is 3.26. The van der Waals surface area contributed by atoms with Gasteiger partial charge in [0.25, 0.3) is 0 Å².